The van der Waals surface area contributed by atoms with E-state index in [1.54, 1.807) is 11.3 Å². The average Bonchev–Trinajstić information content (AvgIpc) is 2.97. The summed E-state index contributed by atoms with van der Waals surface area (Å²) in [5, 5.41) is 3.06. The van der Waals surface area contributed by atoms with Crippen molar-refractivity contribution in [1.29, 1.82) is 0 Å². The van der Waals surface area contributed by atoms with E-state index >= 15 is 0 Å². The van der Waals surface area contributed by atoms with Crippen molar-refractivity contribution < 1.29 is 4.79 Å². The highest BCUT2D eigenvalue weighted by molar-refractivity contribution is 7.17. The van der Waals surface area contributed by atoms with E-state index in [4.69, 9.17) is 5.73 Å². The molecule has 0 aliphatic heterocycles. The SMILES string of the molecule is CN(C(=O)c1csc2ccccc12)C1CCCCC1CN. The van der Waals surface area contributed by atoms with Crippen LogP contribution >= 0.6 is 11.3 Å². The largest absolute Gasteiger partial charge is 0.338 e. The molecule has 1 aromatic carbocycles. The van der Waals surface area contributed by atoms with Crippen LogP contribution < -0.4 is 5.73 Å². The van der Waals surface area contributed by atoms with Crippen LogP contribution in [-0.4, -0.2) is 30.4 Å². The first-order valence-corrected chi connectivity index (χ1v) is 8.53. The fourth-order valence-corrected chi connectivity index (χ4v) is 4.39. The van der Waals surface area contributed by atoms with Gasteiger partial charge >= 0.3 is 0 Å². The lowest BCUT2D eigenvalue weighted by Crippen LogP contribution is -2.45. The van der Waals surface area contributed by atoms with Crippen molar-refractivity contribution in [2.24, 2.45) is 11.7 Å². The van der Waals surface area contributed by atoms with Crippen LogP contribution in [0.3, 0.4) is 0 Å². The maximum Gasteiger partial charge on any atom is 0.255 e. The second kappa shape index (κ2) is 6.16. The van der Waals surface area contributed by atoms with Crippen molar-refractivity contribution >= 4 is 27.3 Å². The summed E-state index contributed by atoms with van der Waals surface area (Å²) in [5.41, 5.74) is 6.74. The Kier molecular flexibility index (Phi) is 4.27. The highest BCUT2D eigenvalue weighted by Gasteiger charge is 2.31. The number of hydrogen-bond donors (Lipinski definition) is 1. The Balaban J connectivity index is 1.87. The number of carbonyl (C=O) groups is 1. The Morgan fingerprint density at radius 1 is 1.33 bits per heavy atom. The zero-order chi connectivity index (χ0) is 14.8. The van der Waals surface area contributed by atoms with Gasteiger partial charge in [0.15, 0.2) is 0 Å². The van der Waals surface area contributed by atoms with Crippen molar-refractivity contribution in [2.45, 2.75) is 31.7 Å². The van der Waals surface area contributed by atoms with Crippen LogP contribution in [-0.2, 0) is 0 Å². The monoisotopic (exact) mass is 302 g/mol. The van der Waals surface area contributed by atoms with Crippen LogP contribution in [0.5, 0.6) is 0 Å². The fourth-order valence-electron chi connectivity index (χ4n) is 3.46. The van der Waals surface area contributed by atoms with Gasteiger partial charge in [0.2, 0.25) is 0 Å². The van der Waals surface area contributed by atoms with Crippen LogP contribution in [0.1, 0.15) is 36.0 Å². The first kappa shape index (κ1) is 14.5. The van der Waals surface area contributed by atoms with E-state index in [0.717, 1.165) is 23.8 Å². The van der Waals surface area contributed by atoms with Crippen LogP contribution in [0.2, 0.25) is 0 Å². The van der Waals surface area contributed by atoms with Gasteiger partial charge in [0.1, 0.15) is 0 Å². The Morgan fingerprint density at radius 3 is 2.90 bits per heavy atom. The predicted octanol–water partition coefficient (Wildman–Crippen LogP) is 3.49. The highest BCUT2D eigenvalue weighted by atomic mass is 32.1. The van der Waals surface area contributed by atoms with E-state index in [1.807, 2.05) is 35.5 Å². The third kappa shape index (κ3) is 2.70. The molecular weight excluding hydrogens is 280 g/mol. The van der Waals surface area contributed by atoms with Crippen molar-refractivity contribution in [3.63, 3.8) is 0 Å². The molecule has 4 heteroatoms. The van der Waals surface area contributed by atoms with E-state index in [-0.39, 0.29) is 11.9 Å². The van der Waals surface area contributed by atoms with E-state index in [2.05, 4.69) is 6.07 Å². The van der Waals surface area contributed by atoms with Gasteiger partial charge in [-0.05, 0) is 31.4 Å². The number of benzene rings is 1. The molecule has 3 nitrogen and oxygen atoms in total. The molecule has 1 aliphatic rings. The number of amides is 1. The molecule has 2 unspecified atom stereocenters. The number of carbonyl (C=O) groups excluding carboxylic acids is 1. The molecule has 1 fully saturated rings. The van der Waals surface area contributed by atoms with Crippen molar-refractivity contribution in [3.05, 3.63) is 35.2 Å². The maximum absolute atomic E-state index is 12.9. The molecule has 0 saturated heterocycles. The van der Waals surface area contributed by atoms with Gasteiger partial charge in [-0.25, -0.2) is 0 Å². The van der Waals surface area contributed by atoms with Gasteiger partial charge in [0, 0.05) is 28.6 Å². The normalized spacial score (nSPS) is 22.4. The lowest BCUT2D eigenvalue weighted by molar-refractivity contribution is 0.0623. The summed E-state index contributed by atoms with van der Waals surface area (Å²) in [6.45, 7) is 0.673. The van der Waals surface area contributed by atoms with Gasteiger partial charge in [0.25, 0.3) is 5.91 Å². The lowest BCUT2D eigenvalue weighted by Gasteiger charge is -2.37. The predicted molar refractivity (Wildman–Crippen MR) is 88.7 cm³/mol. The molecule has 112 valence electrons. The lowest BCUT2D eigenvalue weighted by atomic mass is 9.83. The number of fused-ring (bicyclic) bond motifs is 1. The van der Waals surface area contributed by atoms with Gasteiger partial charge in [-0.2, -0.15) is 0 Å². The van der Waals surface area contributed by atoms with Crippen molar-refractivity contribution in [3.8, 4) is 0 Å². The molecule has 2 N–H and O–H groups in total. The van der Waals surface area contributed by atoms with E-state index < -0.39 is 0 Å². The molecular formula is C17H22N2OS. The molecule has 0 radical (unpaired) electrons. The van der Waals surface area contributed by atoms with Gasteiger partial charge in [0.05, 0.1) is 5.56 Å². The maximum atomic E-state index is 12.9. The van der Waals surface area contributed by atoms with Crippen LogP contribution in [0.25, 0.3) is 10.1 Å². The molecule has 0 spiro atoms. The van der Waals surface area contributed by atoms with E-state index in [0.29, 0.717) is 12.5 Å². The molecule has 1 saturated carbocycles. The Bertz CT molecular complexity index is 637. The first-order chi connectivity index (χ1) is 10.2. The zero-order valence-corrected chi connectivity index (χ0v) is 13.2. The summed E-state index contributed by atoms with van der Waals surface area (Å²) in [6, 6.07) is 8.40. The zero-order valence-electron chi connectivity index (χ0n) is 12.4. The summed E-state index contributed by atoms with van der Waals surface area (Å²) in [4.78, 5) is 14.8. The minimum Gasteiger partial charge on any atom is -0.338 e. The Labute approximate surface area is 129 Å². The minimum absolute atomic E-state index is 0.137. The smallest absolute Gasteiger partial charge is 0.255 e. The molecule has 1 amide bonds. The summed E-state index contributed by atoms with van der Waals surface area (Å²) in [6.07, 6.45) is 4.65. The second-order valence-electron chi connectivity index (χ2n) is 5.91. The van der Waals surface area contributed by atoms with E-state index in [9.17, 15) is 4.79 Å². The van der Waals surface area contributed by atoms with Gasteiger partial charge in [-0.3, -0.25) is 4.79 Å². The number of nitrogens with zero attached hydrogens (tertiary/aromatic N) is 1. The average molecular weight is 302 g/mol. The standard InChI is InChI=1S/C17H22N2OS/c1-19(15-8-4-2-6-12(15)10-18)17(20)14-11-21-16-9-5-3-7-13(14)16/h3,5,7,9,11-12,15H,2,4,6,8,10,18H2,1H3. The second-order valence-corrected chi connectivity index (χ2v) is 6.82. The summed E-state index contributed by atoms with van der Waals surface area (Å²) >= 11 is 1.64. The third-order valence-electron chi connectivity index (χ3n) is 4.70. The molecule has 1 aliphatic carbocycles. The summed E-state index contributed by atoms with van der Waals surface area (Å²) < 4.78 is 1.17. The molecule has 2 aromatic rings. The number of thiophene rings is 1. The molecule has 21 heavy (non-hydrogen) atoms. The van der Waals surface area contributed by atoms with Gasteiger partial charge in [-0.15, -0.1) is 11.3 Å². The fraction of sp³-hybridized carbons (Fsp3) is 0.471. The third-order valence-corrected chi connectivity index (χ3v) is 5.66. The molecule has 0 bridgehead atoms. The number of rotatable bonds is 3. The highest BCUT2D eigenvalue weighted by Crippen LogP contribution is 2.31. The topological polar surface area (TPSA) is 46.3 Å². The molecule has 3 rings (SSSR count). The molecule has 1 heterocycles. The van der Waals surface area contributed by atoms with Crippen LogP contribution in [0.15, 0.2) is 29.6 Å². The number of nitrogens with two attached hydrogens (primary N) is 1. The van der Waals surface area contributed by atoms with Crippen LogP contribution in [0.4, 0.5) is 0 Å². The molecule has 1 aromatic heterocycles. The molecule has 2 atom stereocenters. The Morgan fingerprint density at radius 2 is 2.10 bits per heavy atom. The van der Waals surface area contributed by atoms with Gasteiger partial charge < -0.3 is 10.6 Å². The number of hydrogen-bond acceptors (Lipinski definition) is 3. The quantitative estimate of drug-likeness (QED) is 0.943. The Hall–Kier alpha value is -1.39. The van der Waals surface area contributed by atoms with Gasteiger partial charge in [-0.1, -0.05) is 31.0 Å². The summed E-state index contributed by atoms with van der Waals surface area (Å²) in [5.74, 6) is 0.579. The van der Waals surface area contributed by atoms with Crippen molar-refractivity contribution in [1.82, 2.24) is 4.90 Å². The van der Waals surface area contributed by atoms with Crippen LogP contribution in [0, 0.1) is 5.92 Å². The minimum atomic E-state index is 0.137. The first-order valence-electron chi connectivity index (χ1n) is 7.66. The summed E-state index contributed by atoms with van der Waals surface area (Å²) in [7, 11) is 1.94. The van der Waals surface area contributed by atoms with E-state index in [1.165, 1.54) is 17.5 Å². The van der Waals surface area contributed by atoms with Crippen molar-refractivity contribution in [2.75, 3.05) is 13.6 Å².